The number of carbonyl (C=O) groups is 1. The lowest BCUT2D eigenvalue weighted by Gasteiger charge is -2.02. The molecule has 1 aromatic heterocycles. The van der Waals surface area contributed by atoms with Crippen molar-refractivity contribution in [3.05, 3.63) is 54.1 Å². The maximum atomic E-state index is 12.3. The lowest BCUT2D eigenvalue weighted by atomic mass is 10.1. The zero-order valence-electron chi connectivity index (χ0n) is 9.38. The highest BCUT2D eigenvalue weighted by Crippen LogP contribution is 2.29. The second-order valence-corrected chi connectivity index (χ2v) is 6.91. The summed E-state index contributed by atoms with van der Waals surface area (Å²) in [6.45, 7) is 3.98. The molecule has 2 rings (SSSR count). The van der Waals surface area contributed by atoms with E-state index in [1.165, 1.54) is 11.3 Å². The van der Waals surface area contributed by atoms with Gasteiger partial charge in [0.1, 0.15) is 0 Å². The number of benzene rings is 1. The predicted octanol–water partition coefficient (Wildman–Crippen LogP) is 5.12. The zero-order valence-corrected chi connectivity index (χ0v) is 13.4. The number of thiophene rings is 1. The summed E-state index contributed by atoms with van der Waals surface area (Å²) < 4.78 is 1.81. The Kier molecular flexibility index (Phi) is 3.85. The lowest BCUT2D eigenvalue weighted by Crippen LogP contribution is -1.99. The minimum atomic E-state index is 0.0689. The van der Waals surface area contributed by atoms with Crippen molar-refractivity contribution in [1.82, 2.24) is 0 Å². The Hall–Kier alpha value is -0.450. The first-order chi connectivity index (χ1) is 7.97. The van der Waals surface area contributed by atoms with Gasteiger partial charge in [-0.3, -0.25) is 4.79 Å². The largest absolute Gasteiger partial charge is 0.288 e. The van der Waals surface area contributed by atoms with Crippen LogP contribution in [0.5, 0.6) is 0 Å². The van der Waals surface area contributed by atoms with E-state index in [9.17, 15) is 4.79 Å². The Labute approximate surface area is 121 Å². The Morgan fingerprint density at radius 1 is 1.12 bits per heavy atom. The minimum Gasteiger partial charge on any atom is -0.288 e. The number of rotatable bonds is 2. The topological polar surface area (TPSA) is 17.1 Å². The highest BCUT2D eigenvalue weighted by atomic mass is 79.9. The summed E-state index contributed by atoms with van der Waals surface area (Å²) in [5.41, 5.74) is 1.80. The third-order valence-electron chi connectivity index (χ3n) is 2.32. The second-order valence-electron chi connectivity index (χ2n) is 3.88. The van der Waals surface area contributed by atoms with Crippen LogP contribution >= 0.6 is 43.2 Å². The van der Waals surface area contributed by atoms with Gasteiger partial charge < -0.3 is 0 Å². The van der Waals surface area contributed by atoms with Gasteiger partial charge in [0.15, 0.2) is 0 Å². The van der Waals surface area contributed by atoms with Gasteiger partial charge in [0.2, 0.25) is 5.78 Å². The van der Waals surface area contributed by atoms with Crippen LogP contribution in [0.3, 0.4) is 0 Å². The number of hydrogen-bond donors (Lipinski definition) is 0. The Balaban J connectivity index is 2.47. The van der Waals surface area contributed by atoms with E-state index in [0.29, 0.717) is 0 Å². The first-order valence-electron chi connectivity index (χ1n) is 5.05. The number of carbonyl (C=O) groups excluding carboxylic acids is 1. The van der Waals surface area contributed by atoms with Crippen LogP contribution in [0.2, 0.25) is 0 Å². The van der Waals surface area contributed by atoms with Crippen molar-refractivity contribution in [2.75, 3.05) is 0 Å². The molecular formula is C13H10Br2OS. The molecule has 0 fully saturated rings. The van der Waals surface area contributed by atoms with Crippen molar-refractivity contribution in [2.24, 2.45) is 0 Å². The van der Waals surface area contributed by atoms with Crippen LogP contribution < -0.4 is 0 Å². The highest BCUT2D eigenvalue weighted by molar-refractivity contribution is 9.10. The third-order valence-corrected chi connectivity index (χ3v) is 4.72. The molecule has 0 aliphatic rings. The molecule has 0 saturated heterocycles. The van der Waals surface area contributed by atoms with Crippen molar-refractivity contribution in [3.63, 3.8) is 0 Å². The van der Waals surface area contributed by atoms with Gasteiger partial charge in [-0.1, -0.05) is 15.9 Å². The van der Waals surface area contributed by atoms with Gasteiger partial charge in [-0.2, -0.15) is 0 Å². The van der Waals surface area contributed by atoms with Gasteiger partial charge in [0, 0.05) is 19.4 Å². The molecule has 0 unspecified atom stereocenters. The average Bonchev–Trinajstić information content (AvgIpc) is 2.55. The van der Waals surface area contributed by atoms with Crippen LogP contribution in [0.25, 0.3) is 0 Å². The molecule has 1 heterocycles. The van der Waals surface area contributed by atoms with Gasteiger partial charge in [-0.05, 0) is 59.6 Å². The van der Waals surface area contributed by atoms with Gasteiger partial charge >= 0.3 is 0 Å². The van der Waals surface area contributed by atoms with E-state index >= 15 is 0 Å². The minimum absolute atomic E-state index is 0.0689. The fourth-order valence-corrected chi connectivity index (χ4v) is 4.03. The monoisotopic (exact) mass is 372 g/mol. The summed E-state index contributed by atoms with van der Waals surface area (Å²) >= 11 is 8.36. The van der Waals surface area contributed by atoms with Crippen molar-refractivity contribution < 1.29 is 4.79 Å². The molecule has 17 heavy (non-hydrogen) atoms. The lowest BCUT2D eigenvalue weighted by molar-refractivity contribution is 0.104. The van der Waals surface area contributed by atoms with Gasteiger partial charge in [0.25, 0.3) is 0 Å². The number of hydrogen-bond acceptors (Lipinski definition) is 2. The summed E-state index contributed by atoms with van der Waals surface area (Å²) in [7, 11) is 0. The van der Waals surface area contributed by atoms with Crippen molar-refractivity contribution >= 4 is 49.0 Å². The SMILES string of the molecule is Cc1cc(Br)cc(C(=O)c2sc(C)cc2Br)c1. The summed E-state index contributed by atoms with van der Waals surface area (Å²) in [5, 5.41) is 0. The fraction of sp³-hybridized carbons (Fsp3) is 0.154. The van der Waals surface area contributed by atoms with E-state index in [0.717, 1.165) is 29.8 Å². The van der Waals surface area contributed by atoms with Gasteiger partial charge in [0.05, 0.1) is 4.88 Å². The molecule has 0 saturated carbocycles. The van der Waals surface area contributed by atoms with E-state index < -0.39 is 0 Å². The first kappa shape index (κ1) is 13.0. The number of halogens is 2. The van der Waals surface area contributed by atoms with Crippen LogP contribution in [0.1, 0.15) is 25.7 Å². The Morgan fingerprint density at radius 3 is 2.35 bits per heavy atom. The molecule has 4 heteroatoms. The van der Waals surface area contributed by atoms with Crippen molar-refractivity contribution in [2.45, 2.75) is 13.8 Å². The predicted molar refractivity (Wildman–Crippen MR) is 79.1 cm³/mol. The molecule has 88 valence electrons. The first-order valence-corrected chi connectivity index (χ1v) is 7.45. The summed E-state index contributed by atoms with van der Waals surface area (Å²) in [4.78, 5) is 14.2. The van der Waals surface area contributed by atoms with Crippen molar-refractivity contribution in [1.29, 1.82) is 0 Å². The molecular weight excluding hydrogens is 364 g/mol. The van der Waals surface area contributed by atoms with Crippen LogP contribution in [-0.4, -0.2) is 5.78 Å². The van der Waals surface area contributed by atoms with Crippen LogP contribution in [0.15, 0.2) is 33.2 Å². The maximum absolute atomic E-state index is 12.3. The van der Waals surface area contributed by atoms with Gasteiger partial charge in [-0.25, -0.2) is 0 Å². The number of ketones is 1. The molecule has 0 radical (unpaired) electrons. The zero-order chi connectivity index (χ0) is 12.6. The van der Waals surface area contributed by atoms with Crippen LogP contribution in [0, 0.1) is 13.8 Å². The highest BCUT2D eigenvalue weighted by Gasteiger charge is 2.16. The smallest absolute Gasteiger partial charge is 0.204 e. The Morgan fingerprint density at radius 2 is 1.82 bits per heavy atom. The molecule has 0 amide bonds. The second kappa shape index (κ2) is 5.04. The average molecular weight is 374 g/mol. The standard InChI is InChI=1S/C13H10Br2OS/c1-7-3-9(6-10(14)4-7)12(16)13-11(15)5-8(2)17-13/h3-6H,1-2H3. The molecule has 1 nitrogen and oxygen atoms in total. The van der Waals surface area contributed by atoms with E-state index in [2.05, 4.69) is 31.9 Å². The summed E-state index contributed by atoms with van der Waals surface area (Å²) in [6, 6.07) is 7.74. The number of aryl methyl sites for hydroxylation is 2. The van der Waals surface area contributed by atoms with E-state index in [-0.39, 0.29) is 5.78 Å². The van der Waals surface area contributed by atoms with Crippen LogP contribution in [0.4, 0.5) is 0 Å². The molecule has 2 aromatic rings. The van der Waals surface area contributed by atoms with Crippen molar-refractivity contribution in [3.8, 4) is 0 Å². The van der Waals surface area contributed by atoms with Gasteiger partial charge in [-0.15, -0.1) is 11.3 Å². The molecule has 0 aliphatic heterocycles. The summed E-state index contributed by atoms with van der Waals surface area (Å²) in [6.07, 6.45) is 0. The third kappa shape index (κ3) is 2.87. The molecule has 0 N–H and O–H groups in total. The molecule has 0 bridgehead atoms. The Bertz CT molecular complexity index is 567. The molecule has 0 spiro atoms. The van der Waals surface area contributed by atoms with E-state index in [1.54, 1.807) is 0 Å². The maximum Gasteiger partial charge on any atom is 0.204 e. The molecule has 0 aliphatic carbocycles. The quantitative estimate of drug-likeness (QED) is 0.667. The normalized spacial score (nSPS) is 10.6. The fourth-order valence-electron chi connectivity index (χ4n) is 1.64. The van der Waals surface area contributed by atoms with E-state index in [1.807, 2.05) is 38.1 Å². The molecule has 1 aromatic carbocycles. The van der Waals surface area contributed by atoms with E-state index in [4.69, 9.17) is 0 Å². The van der Waals surface area contributed by atoms with Crippen LogP contribution in [-0.2, 0) is 0 Å². The summed E-state index contributed by atoms with van der Waals surface area (Å²) in [5.74, 6) is 0.0689. The molecule has 0 atom stereocenters.